The summed E-state index contributed by atoms with van der Waals surface area (Å²) in [6.45, 7) is 1.74. The molecule has 2 fully saturated rings. The maximum Gasteiger partial charge on any atom is 0.231 e. The molecule has 1 aromatic carbocycles. The molecule has 0 radical (unpaired) electrons. The number of amides is 2. The fraction of sp³-hybridized carbons (Fsp3) is 0.600. The predicted molar refractivity (Wildman–Crippen MR) is 97.9 cm³/mol. The zero-order valence-corrected chi connectivity index (χ0v) is 14.8. The van der Waals surface area contributed by atoms with Crippen molar-refractivity contribution >= 4 is 11.8 Å². The van der Waals surface area contributed by atoms with E-state index in [1.165, 1.54) is 18.4 Å². The van der Waals surface area contributed by atoms with Gasteiger partial charge in [-0.2, -0.15) is 0 Å². The molecule has 1 aromatic rings. The van der Waals surface area contributed by atoms with Crippen LogP contribution in [-0.2, 0) is 9.59 Å². The molecule has 0 spiro atoms. The summed E-state index contributed by atoms with van der Waals surface area (Å²) in [5.74, 6) is 0.190. The van der Waals surface area contributed by atoms with Gasteiger partial charge in [0.25, 0.3) is 0 Å². The molecule has 1 aliphatic carbocycles. The molecule has 2 aliphatic rings. The Balaban J connectivity index is 1.61. The Bertz CT molecular complexity index is 590. The van der Waals surface area contributed by atoms with Crippen LogP contribution in [-0.4, -0.2) is 42.4 Å². The number of hydrogen-bond acceptors (Lipinski definition) is 3. The Morgan fingerprint density at radius 1 is 1.08 bits per heavy atom. The Labute approximate surface area is 150 Å². The number of piperidine rings is 1. The van der Waals surface area contributed by atoms with Crippen molar-refractivity contribution in [1.82, 2.24) is 10.2 Å². The van der Waals surface area contributed by atoms with Crippen LogP contribution < -0.4 is 11.1 Å². The maximum absolute atomic E-state index is 12.8. The van der Waals surface area contributed by atoms with Crippen LogP contribution in [0.3, 0.4) is 0 Å². The van der Waals surface area contributed by atoms with Gasteiger partial charge >= 0.3 is 0 Å². The van der Waals surface area contributed by atoms with Crippen molar-refractivity contribution in [3.05, 3.63) is 35.9 Å². The van der Waals surface area contributed by atoms with Crippen LogP contribution in [0.25, 0.3) is 0 Å². The van der Waals surface area contributed by atoms with Crippen LogP contribution in [0, 0.1) is 5.92 Å². The van der Waals surface area contributed by atoms with Gasteiger partial charge in [-0.1, -0.05) is 43.2 Å². The van der Waals surface area contributed by atoms with E-state index in [4.69, 9.17) is 5.73 Å². The largest absolute Gasteiger partial charge is 0.369 e. The average Bonchev–Trinajstić information content (AvgIpc) is 2.62. The highest BCUT2D eigenvalue weighted by atomic mass is 16.2. The first-order valence-electron chi connectivity index (χ1n) is 9.49. The number of hydrogen-bond donors (Lipinski definition) is 2. The topological polar surface area (TPSA) is 75.4 Å². The van der Waals surface area contributed by atoms with Gasteiger partial charge in [0, 0.05) is 18.5 Å². The van der Waals surface area contributed by atoms with E-state index in [2.05, 4.69) is 29.6 Å². The standard InChI is InChI=1S/C20H29N3O2/c21-19(24)14-23-12-6-9-16(13-23)20(25)22-18-11-5-4-10-17(18)15-7-2-1-3-8-15/h1-3,7-8,16-18H,4-6,9-14H2,(H2,21,24)(H,22,25)/t16?,17-,18+/m0/s1. The molecule has 1 saturated heterocycles. The van der Waals surface area contributed by atoms with Gasteiger partial charge in [0.15, 0.2) is 0 Å². The Morgan fingerprint density at radius 3 is 2.60 bits per heavy atom. The number of carbonyl (C=O) groups is 2. The molecule has 3 atom stereocenters. The lowest BCUT2D eigenvalue weighted by atomic mass is 9.79. The molecule has 5 heteroatoms. The van der Waals surface area contributed by atoms with Crippen molar-refractivity contribution in [2.24, 2.45) is 11.7 Å². The monoisotopic (exact) mass is 343 g/mol. The molecule has 1 heterocycles. The van der Waals surface area contributed by atoms with Crippen molar-refractivity contribution in [2.75, 3.05) is 19.6 Å². The van der Waals surface area contributed by atoms with Crippen LogP contribution >= 0.6 is 0 Å². The third-order valence-electron chi connectivity index (χ3n) is 5.58. The quantitative estimate of drug-likeness (QED) is 0.859. The highest BCUT2D eigenvalue weighted by Crippen LogP contribution is 2.33. The Morgan fingerprint density at radius 2 is 1.84 bits per heavy atom. The molecule has 25 heavy (non-hydrogen) atoms. The minimum absolute atomic E-state index is 0.0357. The molecule has 3 N–H and O–H groups in total. The summed E-state index contributed by atoms with van der Waals surface area (Å²) in [5, 5.41) is 3.33. The van der Waals surface area contributed by atoms with Gasteiger partial charge < -0.3 is 11.1 Å². The SMILES string of the molecule is NC(=O)CN1CCCC(C(=O)N[C@@H]2CCCC[C@H]2c2ccccc2)C1. The van der Waals surface area contributed by atoms with Crippen molar-refractivity contribution in [2.45, 2.75) is 50.5 Å². The molecule has 2 amide bonds. The van der Waals surface area contributed by atoms with Crippen molar-refractivity contribution in [3.63, 3.8) is 0 Å². The summed E-state index contributed by atoms with van der Waals surface area (Å²) in [5.41, 5.74) is 6.62. The van der Waals surface area contributed by atoms with Crippen molar-refractivity contribution in [3.8, 4) is 0 Å². The molecular formula is C20H29N3O2. The predicted octanol–water partition coefficient (Wildman–Crippen LogP) is 2.03. The van der Waals surface area contributed by atoms with E-state index in [1.54, 1.807) is 0 Å². The number of nitrogens with one attached hydrogen (secondary N) is 1. The second-order valence-electron chi connectivity index (χ2n) is 7.46. The fourth-order valence-electron chi connectivity index (χ4n) is 4.34. The number of carbonyl (C=O) groups excluding carboxylic acids is 2. The summed E-state index contributed by atoms with van der Waals surface area (Å²) >= 11 is 0. The van der Waals surface area contributed by atoms with Crippen LogP contribution in [0.5, 0.6) is 0 Å². The molecular weight excluding hydrogens is 314 g/mol. The molecule has 136 valence electrons. The molecule has 5 nitrogen and oxygen atoms in total. The lowest BCUT2D eigenvalue weighted by Crippen LogP contribution is -2.49. The van der Waals surface area contributed by atoms with Crippen molar-refractivity contribution < 1.29 is 9.59 Å². The summed E-state index contributed by atoms with van der Waals surface area (Å²) in [7, 11) is 0. The van der Waals surface area contributed by atoms with E-state index in [0.29, 0.717) is 12.5 Å². The number of rotatable bonds is 5. The summed E-state index contributed by atoms with van der Waals surface area (Å²) in [6, 6.07) is 10.7. The van der Waals surface area contributed by atoms with Gasteiger partial charge in [-0.05, 0) is 37.8 Å². The van der Waals surface area contributed by atoms with Gasteiger partial charge in [-0.25, -0.2) is 0 Å². The highest BCUT2D eigenvalue weighted by molar-refractivity contribution is 5.80. The molecule has 1 saturated carbocycles. The smallest absolute Gasteiger partial charge is 0.231 e. The van der Waals surface area contributed by atoms with E-state index in [1.807, 2.05) is 11.0 Å². The number of nitrogens with two attached hydrogens (primary N) is 1. The zero-order chi connectivity index (χ0) is 17.6. The van der Waals surface area contributed by atoms with Gasteiger partial charge in [0.05, 0.1) is 12.5 Å². The lowest BCUT2D eigenvalue weighted by molar-refractivity contribution is -0.129. The second-order valence-corrected chi connectivity index (χ2v) is 7.46. The average molecular weight is 343 g/mol. The van der Waals surface area contributed by atoms with Crippen LogP contribution in [0.1, 0.15) is 50.0 Å². The number of nitrogens with zero attached hydrogens (tertiary/aromatic N) is 1. The van der Waals surface area contributed by atoms with Gasteiger partial charge in [-0.15, -0.1) is 0 Å². The zero-order valence-electron chi connectivity index (χ0n) is 14.8. The Hall–Kier alpha value is -1.88. The van der Waals surface area contributed by atoms with E-state index in [9.17, 15) is 9.59 Å². The first kappa shape index (κ1) is 17.9. The maximum atomic E-state index is 12.8. The molecule has 1 aliphatic heterocycles. The molecule has 1 unspecified atom stereocenters. The second kappa shape index (κ2) is 8.48. The number of primary amides is 1. The lowest BCUT2D eigenvalue weighted by Gasteiger charge is -2.36. The molecule has 0 aromatic heterocycles. The highest BCUT2D eigenvalue weighted by Gasteiger charge is 2.32. The fourth-order valence-corrected chi connectivity index (χ4v) is 4.34. The Kier molecular flexibility index (Phi) is 6.08. The molecule has 0 bridgehead atoms. The van der Waals surface area contributed by atoms with E-state index in [0.717, 1.165) is 32.2 Å². The van der Waals surface area contributed by atoms with E-state index < -0.39 is 0 Å². The first-order valence-corrected chi connectivity index (χ1v) is 9.49. The van der Waals surface area contributed by atoms with Gasteiger partial charge in [-0.3, -0.25) is 14.5 Å². The normalized spacial score (nSPS) is 27.6. The summed E-state index contributed by atoms with van der Waals surface area (Å²) in [6.07, 6.45) is 6.41. The third-order valence-corrected chi connectivity index (χ3v) is 5.58. The van der Waals surface area contributed by atoms with Gasteiger partial charge in [0.1, 0.15) is 0 Å². The van der Waals surface area contributed by atoms with Gasteiger partial charge in [0.2, 0.25) is 11.8 Å². The van der Waals surface area contributed by atoms with E-state index in [-0.39, 0.29) is 30.3 Å². The molecule has 3 rings (SSSR count). The number of benzene rings is 1. The van der Waals surface area contributed by atoms with Crippen LogP contribution in [0.15, 0.2) is 30.3 Å². The minimum atomic E-state index is -0.322. The number of likely N-dealkylation sites (tertiary alicyclic amines) is 1. The van der Waals surface area contributed by atoms with E-state index >= 15 is 0 Å². The van der Waals surface area contributed by atoms with Crippen molar-refractivity contribution in [1.29, 1.82) is 0 Å². The third kappa shape index (κ3) is 4.82. The summed E-state index contributed by atoms with van der Waals surface area (Å²) in [4.78, 5) is 26.0. The first-order chi connectivity index (χ1) is 12.1. The summed E-state index contributed by atoms with van der Waals surface area (Å²) < 4.78 is 0. The minimum Gasteiger partial charge on any atom is -0.369 e. The van der Waals surface area contributed by atoms with Crippen LogP contribution in [0.2, 0.25) is 0 Å². The van der Waals surface area contributed by atoms with Crippen LogP contribution in [0.4, 0.5) is 0 Å².